The van der Waals surface area contributed by atoms with Gasteiger partial charge in [0.15, 0.2) is 0 Å². The van der Waals surface area contributed by atoms with Crippen LogP contribution in [-0.2, 0) is 0 Å². The molecule has 0 radical (unpaired) electrons. The summed E-state index contributed by atoms with van der Waals surface area (Å²) < 4.78 is 1.70. The first-order valence-electron chi connectivity index (χ1n) is 8.44. The second-order valence-electron chi connectivity index (χ2n) is 6.18. The minimum absolute atomic E-state index is 0.00912. The van der Waals surface area contributed by atoms with E-state index < -0.39 is 0 Å². The Labute approximate surface area is 142 Å². The van der Waals surface area contributed by atoms with Crippen molar-refractivity contribution in [3.63, 3.8) is 0 Å². The fourth-order valence-electron chi connectivity index (χ4n) is 3.10. The highest BCUT2D eigenvalue weighted by atomic mass is 16.3. The molecule has 1 amide bonds. The van der Waals surface area contributed by atoms with Gasteiger partial charge in [-0.15, -0.1) is 0 Å². The van der Waals surface area contributed by atoms with Crippen molar-refractivity contribution in [1.82, 2.24) is 19.6 Å². The monoisotopic (exact) mass is 328 g/mol. The van der Waals surface area contributed by atoms with Crippen molar-refractivity contribution >= 4 is 5.91 Å². The smallest absolute Gasteiger partial charge is 0.272 e. The van der Waals surface area contributed by atoms with Gasteiger partial charge in [0.1, 0.15) is 5.69 Å². The van der Waals surface area contributed by atoms with E-state index in [1.54, 1.807) is 16.9 Å². The van der Waals surface area contributed by atoms with Crippen LogP contribution in [0.2, 0.25) is 0 Å². The molecule has 1 unspecified atom stereocenters. The highest BCUT2D eigenvalue weighted by Gasteiger charge is 2.24. The molecule has 1 aromatic carbocycles. The highest BCUT2D eigenvalue weighted by Crippen LogP contribution is 2.14. The second-order valence-corrected chi connectivity index (χ2v) is 6.18. The van der Waals surface area contributed by atoms with Crippen LogP contribution >= 0.6 is 0 Å². The number of carbonyl (C=O) groups excluding carboxylic acids is 1. The molecule has 1 N–H and O–H groups in total. The Kier molecular flexibility index (Phi) is 5.27. The molecule has 0 spiro atoms. The average molecular weight is 328 g/mol. The van der Waals surface area contributed by atoms with E-state index in [0.717, 1.165) is 31.7 Å². The first-order valence-corrected chi connectivity index (χ1v) is 8.44. The molecule has 3 rings (SSSR count). The van der Waals surface area contributed by atoms with Gasteiger partial charge in [-0.25, -0.2) is 4.68 Å². The van der Waals surface area contributed by atoms with Crippen LogP contribution in [0.3, 0.4) is 0 Å². The van der Waals surface area contributed by atoms with Crippen LogP contribution < -0.4 is 0 Å². The van der Waals surface area contributed by atoms with E-state index in [1.807, 2.05) is 42.2 Å². The Hall–Kier alpha value is -2.18. The summed E-state index contributed by atoms with van der Waals surface area (Å²) in [5, 5.41) is 13.6. The molecule has 1 aliphatic rings. The second kappa shape index (κ2) is 7.59. The van der Waals surface area contributed by atoms with Gasteiger partial charge in [-0.2, -0.15) is 5.10 Å². The molecule has 1 aromatic heterocycles. The first-order chi connectivity index (χ1) is 11.7. The third-order valence-corrected chi connectivity index (χ3v) is 4.57. The van der Waals surface area contributed by atoms with Gasteiger partial charge < -0.3 is 10.0 Å². The topological polar surface area (TPSA) is 61.6 Å². The molecular formula is C18H24N4O2. The van der Waals surface area contributed by atoms with Crippen molar-refractivity contribution < 1.29 is 9.90 Å². The van der Waals surface area contributed by atoms with Crippen LogP contribution in [0.25, 0.3) is 5.69 Å². The Morgan fingerprint density at radius 3 is 2.71 bits per heavy atom. The zero-order chi connectivity index (χ0) is 16.9. The maximum atomic E-state index is 13.0. The zero-order valence-corrected chi connectivity index (χ0v) is 14.0. The van der Waals surface area contributed by atoms with Crippen molar-refractivity contribution in [2.75, 3.05) is 32.8 Å². The molecule has 6 nitrogen and oxygen atoms in total. The number of rotatable bonds is 4. The van der Waals surface area contributed by atoms with Crippen molar-refractivity contribution in [2.45, 2.75) is 19.4 Å². The number of benzene rings is 1. The largest absolute Gasteiger partial charge is 0.395 e. The number of aromatic nitrogens is 2. The summed E-state index contributed by atoms with van der Waals surface area (Å²) in [7, 11) is 0. The molecule has 2 heterocycles. The molecule has 128 valence electrons. The summed E-state index contributed by atoms with van der Waals surface area (Å²) in [4.78, 5) is 17.1. The number of aliphatic hydroxyl groups excluding tert-OH is 1. The summed E-state index contributed by atoms with van der Waals surface area (Å²) in [6, 6.07) is 11.6. The van der Waals surface area contributed by atoms with Gasteiger partial charge in [-0.3, -0.25) is 9.69 Å². The molecule has 0 saturated carbocycles. The van der Waals surface area contributed by atoms with Gasteiger partial charge in [0, 0.05) is 32.2 Å². The lowest BCUT2D eigenvalue weighted by atomic mass is 10.3. The van der Waals surface area contributed by atoms with Gasteiger partial charge in [-0.1, -0.05) is 18.2 Å². The van der Waals surface area contributed by atoms with E-state index >= 15 is 0 Å². The third-order valence-electron chi connectivity index (χ3n) is 4.57. The number of nitrogens with zero attached hydrogens (tertiary/aromatic N) is 4. The highest BCUT2D eigenvalue weighted by molar-refractivity contribution is 5.93. The summed E-state index contributed by atoms with van der Waals surface area (Å²) >= 11 is 0. The predicted molar refractivity (Wildman–Crippen MR) is 92.2 cm³/mol. The quantitative estimate of drug-likeness (QED) is 0.922. The molecule has 1 saturated heterocycles. The zero-order valence-electron chi connectivity index (χ0n) is 14.0. The van der Waals surface area contributed by atoms with Crippen molar-refractivity contribution in [2.24, 2.45) is 0 Å². The van der Waals surface area contributed by atoms with E-state index in [9.17, 15) is 9.90 Å². The van der Waals surface area contributed by atoms with Crippen LogP contribution in [0.1, 0.15) is 23.8 Å². The van der Waals surface area contributed by atoms with Gasteiger partial charge in [0.25, 0.3) is 5.91 Å². The van der Waals surface area contributed by atoms with Gasteiger partial charge in [0.2, 0.25) is 0 Å². The van der Waals surface area contributed by atoms with E-state index in [-0.39, 0.29) is 18.6 Å². The summed E-state index contributed by atoms with van der Waals surface area (Å²) in [5.41, 5.74) is 1.47. The van der Waals surface area contributed by atoms with E-state index in [4.69, 9.17) is 0 Å². The third kappa shape index (κ3) is 3.49. The van der Waals surface area contributed by atoms with E-state index in [0.29, 0.717) is 12.2 Å². The summed E-state index contributed by atoms with van der Waals surface area (Å²) in [6.07, 6.45) is 2.58. The van der Waals surface area contributed by atoms with Gasteiger partial charge in [-0.05, 0) is 31.5 Å². The lowest BCUT2D eigenvalue weighted by Crippen LogP contribution is -2.40. The van der Waals surface area contributed by atoms with Crippen LogP contribution in [0.15, 0.2) is 42.6 Å². The molecular weight excluding hydrogens is 304 g/mol. The van der Waals surface area contributed by atoms with Crippen LogP contribution in [-0.4, -0.2) is 69.4 Å². The number of carbonyl (C=O) groups is 1. The van der Waals surface area contributed by atoms with Crippen molar-refractivity contribution in [3.05, 3.63) is 48.3 Å². The minimum atomic E-state index is 0.00912. The van der Waals surface area contributed by atoms with E-state index in [2.05, 4.69) is 10.00 Å². The lowest BCUT2D eigenvalue weighted by Gasteiger charge is -2.26. The summed E-state index contributed by atoms with van der Waals surface area (Å²) in [5.74, 6) is 0.00912. The van der Waals surface area contributed by atoms with Crippen LogP contribution in [0.4, 0.5) is 0 Å². The summed E-state index contributed by atoms with van der Waals surface area (Å²) in [6.45, 7) is 5.25. The fraction of sp³-hybridized carbons (Fsp3) is 0.444. The molecule has 24 heavy (non-hydrogen) atoms. The fourth-order valence-corrected chi connectivity index (χ4v) is 3.10. The Morgan fingerprint density at radius 2 is 1.96 bits per heavy atom. The van der Waals surface area contributed by atoms with Gasteiger partial charge in [0.05, 0.1) is 18.5 Å². The predicted octanol–water partition coefficient (Wildman–Crippen LogP) is 1.40. The van der Waals surface area contributed by atoms with E-state index in [1.165, 1.54) is 0 Å². The Morgan fingerprint density at radius 1 is 1.17 bits per heavy atom. The van der Waals surface area contributed by atoms with Crippen LogP contribution in [0.5, 0.6) is 0 Å². The number of aliphatic hydroxyl groups is 1. The average Bonchev–Trinajstić information content (AvgIpc) is 2.99. The molecule has 1 fully saturated rings. The van der Waals surface area contributed by atoms with Gasteiger partial charge >= 0.3 is 0 Å². The molecule has 6 heteroatoms. The Balaban J connectivity index is 1.75. The minimum Gasteiger partial charge on any atom is -0.395 e. The SMILES string of the molecule is CC(CO)N1CCCN(C(=O)c2ccnn2-c2ccccc2)CC1. The molecule has 2 aromatic rings. The maximum absolute atomic E-state index is 13.0. The first kappa shape index (κ1) is 16.7. The van der Waals surface area contributed by atoms with Crippen molar-refractivity contribution in [3.8, 4) is 5.69 Å². The number of hydrogen-bond acceptors (Lipinski definition) is 4. The standard InChI is InChI=1S/C18H24N4O2/c1-15(14-23)20-10-5-11-21(13-12-20)18(24)17-8-9-19-22(17)16-6-3-2-4-7-16/h2-4,6-9,15,23H,5,10-14H2,1H3. The molecule has 1 aliphatic heterocycles. The molecule has 0 aliphatic carbocycles. The molecule has 1 atom stereocenters. The normalized spacial score (nSPS) is 17.5. The van der Waals surface area contributed by atoms with Crippen molar-refractivity contribution in [1.29, 1.82) is 0 Å². The van der Waals surface area contributed by atoms with Crippen LogP contribution in [0, 0.1) is 0 Å². The Bertz CT molecular complexity index is 671. The lowest BCUT2D eigenvalue weighted by molar-refractivity contribution is 0.0745. The number of hydrogen-bond donors (Lipinski definition) is 1. The molecule has 0 bridgehead atoms. The number of para-hydroxylation sites is 1. The maximum Gasteiger partial charge on any atom is 0.272 e. The number of amides is 1.